The number of rotatable bonds is 5. The Morgan fingerprint density at radius 1 is 1.07 bits per heavy atom. The summed E-state index contributed by atoms with van der Waals surface area (Å²) < 4.78 is 9.90. The number of aromatic hydroxyl groups is 1. The number of nitrogens with zero attached hydrogens (tertiary/aromatic N) is 2. The molecule has 0 radical (unpaired) electrons. The third kappa shape index (κ3) is 13.7. The monoisotopic (exact) mass is 826 g/mol. The molecule has 3 aliphatic heterocycles. The Morgan fingerprint density at radius 2 is 1.64 bits per heavy atom. The van der Waals surface area contributed by atoms with E-state index in [1.54, 1.807) is 23.2 Å². The number of aliphatic carboxylic acids is 2. The number of carboxylic acid groups (broad SMARTS) is 2. The number of benzene rings is 1. The smallest absolute Gasteiger partial charge is 0.354 e. The first-order chi connectivity index (χ1) is 19.2. The fourth-order valence-corrected chi connectivity index (χ4v) is 3.86. The second-order valence-corrected chi connectivity index (χ2v) is 8.06. The summed E-state index contributed by atoms with van der Waals surface area (Å²) in [5.74, 6) is -1.87. The van der Waals surface area contributed by atoms with E-state index in [1.807, 2.05) is 13.8 Å². The predicted molar refractivity (Wildman–Crippen MR) is 153 cm³/mol. The van der Waals surface area contributed by atoms with E-state index in [1.165, 1.54) is 19.3 Å². The van der Waals surface area contributed by atoms with Gasteiger partial charge in [0.2, 0.25) is 0 Å². The van der Waals surface area contributed by atoms with Crippen molar-refractivity contribution in [2.24, 2.45) is 4.99 Å². The Balaban J connectivity index is -0.000000804. The number of fused-ring (bicyclic) bond motifs is 1. The number of dihydropyridines is 1. The number of ether oxygens (including phenoxy) is 2. The summed E-state index contributed by atoms with van der Waals surface area (Å²) in [6.45, 7) is 5.12. The van der Waals surface area contributed by atoms with Crippen molar-refractivity contribution in [2.75, 3.05) is 46.0 Å². The van der Waals surface area contributed by atoms with Crippen LogP contribution in [-0.2, 0) is 20.7 Å². The summed E-state index contributed by atoms with van der Waals surface area (Å²) in [4.78, 5) is 28.2. The SMILES string of the molecule is CC.CO.CO.COc1cc2c(cc1O)C[C@@H](C(=O)O)N2/C=C/C1=CC(C(=O)O)=NCC1.O.O[C@@H]1COC[C@H](O)C1.[U]. The van der Waals surface area contributed by atoms with Crippen molar-refractivity contribution in [1.29, 1.82) is 0 Å². The summed E-state index contributed by atoms with van der Waals surface area (Å²) in [7, 11) is 3.42. The number of methoxy groups -OCH3 is 1. The van der Waals surface area contributed by atoms with Gasteiger partial charge in [0.25, 0.3) is 0 Å². The number of aliphatic hydroxyl groups is 4. The van der Waals surface area contributed by atoms with Gasteiger partial charge in [0.05, 0.1) is 32.5 Å². The Kier molecular flexibility index (Phi) is 25.1. The summed E-state index contributed by atoms with van der Waals surface area (Å²) in [5.41, 5.74) is 2.07. The molecule has 9 N–H and O–H groups in total. The molecule has 14 nitrogen and oxygen atoms in total. The van der Waals surface area contributed by atoms with E-state index in [2.05, 4.69) is 4.99 Å². The van der Waals surface area contributed by atoms with Gasteiger partial charge in [0, 0.05) is 82.7 Å². The largest absolute Gasteiger partial charge is 0.504 e. The van der Waals surface area contributed by atoms with Crippen molar-refractivity contribution in [3.05, 3.63) is 41.6 Å². The Hall–Kier alpha value is -2.48. The fourth-order valence-electron chi connectivity index (χ4n) is 3.86. The van der Waals surface area contributed by atoms with Crippen LogP contribution in [0.4, 0.5) is 5.69 Å². The maximum absolute atomic E-state index is 11.6. The van der Waals surface area contributed by atoms with Crippen LogP contribution in [-0.4, -0.2) is 118 Å². The molecule has 0 aromatic heterocycles. The normalized spacial score (nSPS) is 19.8. The molecule has 3 heterocycles. The minimum absolute atomic E-state index is 0. The van der Waals surface area contributed by atoms with E-state index in [4.69, 9.17) is 35.0 Å². The average Bonchev–Trinajstić information content (AvgIpc) is 3.32. The standard InChI is InChI=1S/C18H18N2O6.C5H10O3.C2H6.2CH4O.H2O.U/c1-26-16-9-13-11(8-15(16)21)7-14(18(24)25)20(13)5-3-10-2-4-19-12(6-10)17(22)23;6-4-1-5(7)3-8-2-4;3*1-2;;/h3,5-6,8-9,14,21H,2,4,7H2,1H3,(H,22,23)(H,24,25);4-7H,1-3H2;1-2H3;2*2H,1H3;1H2;/b5-3+;;;;;;/t14-;4-,5+;;;;;/m0....../s1. The number of carbonyl (C=O) groups is 2. The fraction of sp³-hybridized carbons (Fsp3) is 0.519. The first-order valence-corrected chi connectivity index (χ1v) is 12.6. The molecule has 0 bridgehead atoms. The summed E-state index contributed by atoms with van der Waals surface area (Å²) >= 11 is 0. The summed E-state index contributed by atoms with van der Waals surface area (Å²) in [5, 5.41) is 60.1. The molecule has 4 rings (SSSR count). The van der Waals surface area contributed by atoms with Crippen molar-refractivity contribution in [1.82, 2.24) is 0 Å². The van der Waals surface area contributed by atoms with Gasteiger partial charge in [0.15, 0.2) is 11.5 Å². The maximum Gasteiger partial charge on any atom is 0.354 e. The third-order valence-electron chi connectivity index (χ3n) is 5.53. The molecule has 3 aliphatic rings. The number of aliphatic hydroxyl groups excluding tert-OH is 4. The number of phenols is 1. The molecule has 42 heavy (non-hydrogen) atoms. The van der Waals surface area contributed by atoms with E-state index in [0.717, 1.165) is 19.8 Å². The second-order valence-electron chi connectivity index (χ2n) is 8.06. The van der Waals surface area contributed by atoms with Gasteiger partial charge in [0.1, 0.15) is 11.8 Å². The predicted octanol–water partition coefficient (Wildman–Crippen LogP) is 0.133. The van der Waals surface area contributed by atoms with Gasteiger partial charge in [-0.15, -0.1) is 0 Å². The van der Waals surface area contributed by atoms with Crippen LogP contribution in [0, 0.1) is 31.1 Å². The van der Waals surface area contributed by atoms with Gasteiger partial charge in [-0.25, -0.2) is 9.59 Å². The number of hydrogen-bond donors (Lipinski definition) is 7. The van der Waals surface area contributed by atoms with Crippen LogP contribution in [0.25, 0.3) is 0 Å². The zero-order valence-corrected chi connectivity index (χ0v) is 28.7. The molecule has 3 atom stereocenters. The van der Waals surface area contributed by atoms with Crippen molar-refractivity contribution >= 4 is 23.3 Å². The Bertz CT molecular complexity index is 1020. The molecule has 0 aliphatic carbocycles. The second kappa shape index (κ2) is 24.0. The first-order valence-electron chi connectivity index (χ1n) is 12.6. The van der Waals surface area contributed by atoms with Crippen LogP contribution in [0.3, 0.4) is 0 Å². The van der Waals surface area contributed by atoms with E-state index >= 15 is 0 Å². The Morgan fingerprint density at radius 3 is 2.10 bits per heavy atom. The van der Waals surface area contributed by atoms with E-state index in [9.17, 15) is 19.8 Å². The molecule has 238 valence electrons. The van der Waals surface area contributed by atoms with Crippen LogP contribution in [0.5, 0.6) is 11.5 Å². The van der Waals surface area contributed by atoms with Crippen molar-refractivity contribution in [2.45, 2.75) is 51.4 Å². The minimum atomic E-state index is -1.09. The van der Waals surface area contributed by atoms with E-state index in [-0.39, 0.29) is 60.2 Å². The van der Waals surface area contributed by atoms with Crippen molar-refractivity contribution in [3.63, 3.8) is 0 Å². The average molecular weight is 827 g/mol. The number of allylic oxidation sites excluding steroid dienone is 1. The molecular formula is C27H44N2O12U. The molecule has 1 saturated heterocycles. The molecule has 1 fully saturated rings. The summed E-state index contributed by atoms with van der Waals surface area (Å²) in [6, 6.07) is 2.29. The van der Waals surface area contributed by atoms with Gasteiger partial charge >= 0.3 is 11.9 Å². The van der Waals surface area contributed by atoms with Gasteiger partial charge in [-0.2, -0.15) is 0 Å². The van der Waals surface area contributed by atoms with E-state index < -0.39 is 30.2 Å². The molecule has 1 aromatic carbocycles. The minimum Gasteiger partial charge on any atom is -0.504 e. The van der Waals surface area contributed by atoms with Crippen LogP contribution >= 0.6 is 0 Å². The topological polar surface area (TPSA) is 241 Å². The first kappa shape index (κ1) is 44.0. The van der Waals surface area contributed by atoms with Gasteiger partial charge in [-0.3, -0.25) is 4.99 Å². The zero-order valence-electron chi connectivity index (χ0n) is 24.5. The quantitative estimate of drug-likeness (QED) is 0.210. The number of anilines is 1. The van der Waals surface area contributed by atoms with Crippen LogP contribution in [0.15, 0.2) is 41.1 Å². The van der Waals surface area contributed by atoms with Crippen LogP contribution < -0.4 is 9.64 Å². The number of carboxylic acids is 2. The van der Waals surface area contributed by atoms with Crippen molar-refractivity contribution in [3.8, 4) is 11.5 Å². The van der Waals surface area contributed by atoms with Gasteiger partial charge in [-0.1, -0.05) is 13.8 Å². The third-order valence-corrected chi connectivity index (χ3v) is 5.53. The molecule has 1 aromatic rings. The van der Waals surface area contributed by atoms with Gasteiger partial charge in [-0.05, 0) is 35.8 Å². The Labute approximate surface area is 269 Å². The van der Waals surface area contributed by atoms with Crippen LogP contribution in [0.2, 0.25) is 0 Å². The summed E-state index contributed by atoms with van der Waals surface area (Å²) in [6.07, 6.45) is 5.15. The molecular weight excluding hydrogens is 782 g/mol. The molecule has 0 amide bonds. The van der Waals surface area contributed by atoms with Gasteiger partial charge < -0.3 is 55.6 Å². The molecule has 0 spiro atoms. The maximum atomic E-state index is 11.6. The number of phenolic OH excluding ortho intramolecular Hbond substituents is 1. The number of aliphatic imine (C=N–C) groups is 1. The van der Waals surface area contributed by atoms with Crippen molar-refractivity contribution < 1.29 is 91.4 Å². The number of hydrogen-bond acceptors (Lipinski definition) is 11. The molecule has 15 heteroatoms. The van der Waals surface area contributed by atoms with E-state index in [0.29, 0.717) is 43.9 Å². The zero-order chi connectivity index (χ0) is 30.8. The molecule has 0 unspecified atom stereocenters. The van der Waals surface area contributed by atoms with Crippen LogP contribution in [0.1, 0.15) is 32.3 Å². The molecule has 0 saturated carbocycles.